The fourth-order valence-corrected chi connectivity index (χ4v) is 2.47. The lowest BCUT2D eigenvalue weighted by atomic mass is 10.1. The van der Waals surface area contributed by atoms with Crippen LogP contribution in [0.4, 0.5) is 11.7 Å². The number of nitrogens with two attached hydrogens (primary N) is 1. The van der Waals surface area contributed by atoms with Crippen molar-refractivity contribution in [2.45, 2.75) is 32.4 Å². The predicted octanol–water partition coefficient (Wildman–Crippen LogP) is 2.41. The summed E-state index contributed by atoms with van der Waals surface area (Å²) in [6.45, 7) is 5.75. The van der Waals surface area contributed by atoms with Gasteiger partial charge in [0.15, 0.2) is 5.58 Å². The molecule has 0 spiro atoms. The maximum atomic E-state index is 5.85. The number of morpholine rings is 1. The van der Waals surface area contributed by atoms with Gasteiger partial charge in [0.25, 0.3) is 6.01 Å². The van der Waals surface area contributed by atoms with Gasteiger partial charge in [-0.1, -0.05) is 6.92 Å². The third-order valence-electron chi connectivity index (χ3n) is 3.58. The summed E-state index contributed by atoms with van der Waals surface area (Å²) in [6.07, 6.45) is 1.20. The zero-order valence-corrected chi connectivity index (χ0v) is 11.3. The largest absolute Gasteiger partial charge is 0.423 e. The van der Waals surface area contributed by atoms with Crippen LogP contribution in [0.5, 0.6) is 0 Å². The number of aromatic nitrogens is 1. The number of ether oxygens (including phenoxy) is 1. The molecule has 1 aromatic heterocycles. The Morgan fingerprint density at radius 2 is 2.32 bits per heavy atom. The van der Waals surface area contributed by atoms with Crippen LogP contribution in [0.3, 0.4) is 0 Å². The first-order valence-corrected chi connectivity index (χ1v) is 6.71. The van der Waals surface area contributed by atoms with Crippen molar-refractivity contribution in [2.24, 2.45) is 0 Å². The summed E-state index contributed by atoms with van der Waals surface area (Å²) in [6, 6.07) is 6.53. The van der Waals surface area contributed by atoms with Crippen LogP contribution >= 0.6 is 0 Å². The average Bonchev–Trinajstić information content (AvgIpc) is 2.81. The lowest BCUT2D eigenvalue weighted by Crippen LogP contribution is -2.48. The van der Waals surface area contributed by atoms with Crippen LogP contribution in [0, 0.1) is 0 Å². The molecule has 0 saturated carbocycles. The number of oxazole rings is 1. The molecule has 0 amide bonds. The molecule has 0 aliphatic carbocycles. The van der Waals surface area contributed by atoms with E-state index in [1.807, 2.05) is 18.2 Å². The lowest BCUT2D eigenvalue weighted by molar-refractivity contribution is 0.0279. The molecule has 1 aliphatic heterocycles. The molecule has 1 saturated heterocycles. The second kappa shape index (κ2) is 4.74. The molecule has 1 fully saturated rings. The van der Waals surface area contributed by atoms with E-state index in [0.29, 0.717) is 17.7 Å². The summed E-state index contributed by atoms with van der Waals surface area (Å²) in [5.41, 5.74) is 8.06. The summed E-state index contributed by atoms with van der Waals surface area (Å²) in [7, 11) is 0. The smallest absolute Gasteiger partial charge is 0.298 e. The molecule has 3 rings (SSSR count). The molecular formula is C14H19N3O2. The highest BCUT2D eigenvalue weighted by Crippen LogP contribution is 2.27. The molecule has 5 nitrogen and oxygen atoms in total. The van der Waals surface area contributed by atoms with Gasteiger partial charge < -0.3 is 19.8 Å². The minimum absolute atomic E-state index is 0.197. The second-order valence-corrected chi connectivity index (χ2v) is 5.08. The van der Waals surface area contributed by atoms with Gasteiger partial charge in [0.05, 0.1) is 18.8 Å². The van der Waals surface area contributed by atoms with Crippen molar-refractivity contribution in [1.29, 1.82) is 0 Å². The van der Waals surface area contributed by atoms with Gasteiger partial charge in [-0.25, -0.2) is 0 Å². The van der Waals surface area contributed by atoms with Gasteiger partial charge in [0.1, 0.15) is 5.52 Å². The molecule has 1 aromatic carbocycles. The Kier molecular flexibility index (Phi) is 3.06. The first kappa shape index (κ1) is 12.3. The van der Waals surface area contributed by atoms with Crippen molar-refractivity contribution >= 4 is 22.8 Å². The van der Waals surface area contributed by atoms with E-state index in [0.717, 1.165) is 30.7 Å². The number of fused-ring (bicyclic) bond motifs is 1. The van der Waals surface area contributed by atoms with Gasteiger partial charge in [-0.3, -0.25) is 0 Å². The summed E-state index contributed by atoms with van der Waals surface area (Å²) in [4.78, 5) is 6.75. The topological polar surface area (TPSA) is 64.5 Å². The van der Waals surface area contributed by atoms with E-state index >= 15 is 0 Å². The fourth-order valence-electron chi connectivity index (χ4n) is 2.47. The van der Waals surface area contributed by atoms with Crippen LogP contribution in [-0.4, -0.2) is 30.3 Å². The molecule has 0 bridgehead atoms. The van der Waals surface area contributed by atoms with Crippen LogP contribution in [0.1, 0.15) is 20.3 Å². The van der Waals surface area contributed by atoms with E-state index in [4.69, 9.17) is 14.9 Å². The third kappa shape index (κ3) is 2.26. The van der Waals surface area contributed by atoms with Crippen LogP contribution in [0.15, 0.2) is 22.6 Å². The zero-order chi connectivity index (χ0) is 13.4. The Hall–Kier alpha value is -1.75. The van der Waals surface area contributed by atoms with Gasteiger partial charge in [0, 0.05) is 12.2 Å². The number of hydrogen-bond donors (Lipinski definition) is 1. The fraction of sp³-hybridized carbons (Fsp3) is 0.500. The van der Waals surface area contributed by atoms with E-state index in [2.05, 4.69) is 23.7 Å². The van der Waals surface area contributed by atoms with Gasteiger partial charge in [-0.15, -0.1) is 0 Å². The van der Waals surface area contributed by atoms with Crippen LogP contribution in [-0.2, 0) is 4.74 Å². The van der Waals surface area contributed by atoms with Gasteiger partial charge in [0.2, 0.25) is 0 Å². The van der Waals surface area contributed by atoms with E-state index < -0.39 is 0 Å². The standard InChI is InChI=1S/C14H19N3O2/c1-3-11-8-18-9(2)7-17(11)14-16-12-6-10(15)4-5-13(12)19-14/h4-6,9,11H,3,7-8,15H2,1-2H3. The van der Waals surface area contributed by atoms with Crippen molar-refractivity contribution in [3.05, 3.63) is 18.2 Å². The molecule has 0 radical (unpaired) electrons. The summed E-state index contributed by atoms with van der Waals surface area (Å²) in [5.74, 6) is 0. The number of nitrogen functional groups attached to an aromatic ring is 1. The van der Waals surface area contributed by atoms with Crippen molar-refractivity contribution in [3.63, 3.8) is 0 Å². The molecule has 102 valence electrons. The summed E-state index contributed by atoms with van der Waals surface area (Å²) < 4.78 is 11.5. The highest BCUT2D eigenvalue weighted by atomic mass is 16.5. The molecule has 2 atom stereocenters. The Labute approximate surface area is 112 Å². The normalized spacial score (nSPS) is 24.0. The number of nitrogens with zero attached hydrogens (tertiary/aromatic N) is 2. The third-order valence-corrected chi connectivity index (χ3v) is 3.58. The van der Waals surface area contributed by atoms with E-state index in [1.165, 1.54) is 0 Å². The average molecular weight is 261 g/mol. The molecule has 2 N–H and O–H groups in total. The Morgan fingerprint density at radius 1 is 1.47 bits per heavy atom. The molecule has 1 aliphatic rings. The molecule has 2 aromatic rings. The molecule has 2 unspecified atom stereocenters. The van der Waals surface area contributed by atoms with E-state index in [9.17, 15) is 0 Å². The predicted molar refractivity (Wildman–Crippen MR) is 75.3 cm³/mol. The minimum atomic E-state index is 0.197. The highest BCUT2D eigenvalue weighted by Gasteiger charge is 2.29. The number of benzene rings is 1. The van der Waals surface area contributed by atoms with Gasteiger partial charge in [-0.05, 0) is 31.5 Å². The van der Waals surface area contributed by atoms with Crippen molar-refractivity contribution in [2.75, 3.05) is 23.8 Å². The van der Waals surface area contributed by atoms with Crippen molar-refractivity contribution in [1.82, 2.24) is 4.98 Å². The van der Waals surface area contributed by atoms with Crippen LogP contribution in [0.25, 0.3) is 11.1 Å². The molecule has 5 heteroatoms. The van der Waals surface area contributed by atoms with Crippen LogP contribution in [0.2, 0.25) is 0 Å². The highest BCUT2D eigenvalue weighted by molar-refractivity contribution is 5.78. The molecule has 2 heterocycles. The molecular weight excluding hydrogens is 242 g/mol. The summed E-state index contributed by atoms with van der Waals surface area (Å²) >= 11 is 0. The van der Waals surface area contributed by atoms with Crippen molar-refractivity contribution < 1.29 is 9.15 Å². The Morgan fingerprint density at radius 3 is 3.11 bits per heavy atom. The summed E-state index contributed by atoms with van der Waals surface area (Å²) in [5, 5.41) is 0. The molecule has 19 heavy (non-hydrogen) atoms. The number of rotatable bonds is 2. The maximum absolute atomic E-state index is 5.85. The SMILES string of the molecule is CCC1COC(C)CN1c1nc2cc(N)ccc2o1. The van der Waals surface area contributed by atoms with Gasteiger partial charge in [-0.2, -0.15) is 4.98 Å². The first-order valence-electron chi connectivity index (χ1n) is 6.71. The van der Waals surface area contributed by atoms with Crippen molar-refractivity contribution in [3.8, 4) is 0 Å². The van der Waals surface area contributed by atoms with E-state index in [-0.39, 0.29) is 6.10 Å². The second-order valence-electron chi connectivity index (χ2n) is 5.08. The number of hydrogen-bond acceptors (Lipinski definition) is 5. The number of anilines is 2. The first-order chi connectivity index (χ1) is 9.17. The quantitative estimate of drug-likeness (QED) is 0.841. The monoisotopic (exact) mass is 261 g/mol. The zero-order valence-electron chi connectivity index (χ0n) is 11.3. The Bertz CT molecular complexity index is 581. The maximum Gasteiger partial charge on any atom is 0.298 e. The minimum Gasteiger partial charge on any atom is -0.423 e. The van der Waals surface area contributed by atoms with Gasteiger partial charge >= 0.3 is 0 Å². The Balaban J connectivity index is 1.97. The van der Waals surface area contributed by atoms with E-state index in [1.54, 1.807) is 0 Å². The van der Waals surface area contributed by atoms with Crippen LogP contribution < -0.4 is 10.6 Å². The lowest BCUT2D eigenvalue weighted by Gasteiger charge is -2.37.